The first-order valence-corrected chi connectivity index (χ1v) is 6.19. The zero-order valence-electron chi connectivity index (χ0n) is 10.5. The molecule has 2 heterocycles. The largest absolute Gasteiger partial charge is 0.464 e. The molecule has 2 aliphatic heterocycles. The summed E-state index contributed by atoms with van der Waals surface area (Å²) in [5.41, 5.74) is 0.449. The molecule has 1 fully saturated rings. The van der Waals surface area contributed by atoms with Crippen LogP contribution in [0, 0.1) is 0 Å². The van der Waals surface area contributed by atoms with Gasteiger partial charge in [-0.25, -0.2) is 9.80 Å². The van der Waals surface area contributed by atoms with Crippen LogP contribution >= 0.6 is 0 Å². The smallest absolute Gasteiger partial charge is 0.427 e. The molecule has 104 valence electrons. The summed E-state index contributed by atoms with van der Waals surface area (Å²) >= 11 is 0. The van der Waals surface area contributed by atoms with Gasteiger partial charge in [-0.1, -0.05) is 12.1 Å². The lowest BCUT2D eigenvalue weighted by Crippen LogP contribution is -2.54. The van der Waals surface area contributed by atoms with Crippen LogP contribution in [-0.4, -0.2) is 52.3 Å². The zero-order valence-corrected chi connectivity index (χ0v) is 10.5. The van der Waals surface area contributed by atoms with Gasteiger partial charge in [0.1, 0.15) is 0 Å². The number of fused-ring (bicyclic) bond motifs is 1. The highest BCUT2D eigenvalue weighted by molar-refractivity contribution is 6.21. The fraction of sp³-hybridized carbons (Fsp3) is 0.308. The summed E-state index contributed by atoms with van der Waals surface area (Å²) in [5.74, 6) is -1.22. The Morgan fingerprint density at radius 3 is 2.30 bits per heavy atom. The molecule has 1 N–H and O–H groups in total. The van der Waals surface area contributed by atoms with Crippen molar-refractivity contribution in [1.82, 2.24) is 10.0 Å². The average molecular weight is 276 g/mol. The number of carbonyl (C=O) groups excluding carboxylic acids is 2. The molecule has 0 spiro atoms. The van der Waals surface area contributed by atoms with E-state index in [0.29, 0.717) is 18.0 Å². The maximum absolute atomic E-state index is 12.3. The van der Waals surface area contributed by atoms with Crippen LogP contribution in [0.2, 0.25) is 0 Å². The molecule has 0 aliphatic carbocycles. The summed E-state index contributed by atoms with van der Waals surface area (Å²) in [6.07, 6.45) is -0.880. The van der Waals surface area contributed by atoms with E-state index < -0.39 is 23.9 Å². The number of carboxylic acid groups (broad SMARTS) is 1. The Kier molecular flexibility index (Phi) is 2.90. The van der Waals surface area contributed by atoms with Gasteiger partial charge in [-0.15, -0.1) is 0 Å². The lowest BCUT2D eigenvalue weighted by Gasteiger charge is -2.31. The topological polar surface area (TPSA) is 87.2 Å². The maximum Gasteiger partial charge on any atom is 0.427 e. The first-order valence-electron chi connectivity index (χ1n) is 6.19. The molecule has 7 nitrogen and oxygen atoms in total. The third-order valence-corrected chi connectivity index (χ3v) is 3.44. The van der Waals surface area contributed by atoms with Crippen LogP contribution in [0.15, 0.2) is 24.3 Å². The molecule has 0 radical (unpaired) electrons. The summed E-state index contributed by atoms with van der Waals surface area (Å²) in [7, 11) is 0. The summed E-state index contributed by atoms with van der Waals surface area (Å²) in [6.45, 7) is 0.595. The van der Waals surface area contributed by atoms with E-state index >= 15 is 0 Å². The van der Waals surface area contributed by atoms with Crippen molar-refractivity contribution < 1.29 is 24.2 Å². The summed E-state index contributed by atoms with van der Waals surface area (Å²) in [5, 5.41) is 10.8. The van der Waals surface area contributed by atoms with Gasteiger partial charge in [0.15, 0.2) is 0 Å². The molecule has 1 atom stereocenters. The summed E-state index contributed by atoms with van der Waals surface area (Å²) in [4.78, 5) is 36.0. The molecule has 1 aromatic rings. The molecule has 3 amide bonds. The number of hydrazine groups is 1. The van der Waals surface area contributed by atoms with Crippen LogP contribution in [0.4, 0.5) is 4.79 Å². The number of ether oxygens (including phenoxy) is 1. The quantitative estimate of drug-likeness (QED) is 0.813. The van der Waals surface area contributed by atoms with Crippen LogP contribution in [0.5, 0.6) is 0 Å². The van der Waals surface area contributed by atoms with Crippen molar-refractivity contribution in [1.29, 1.82) is 0 Å². The van der Waals surface area contributed by atoms with Gasteiger partial charge in [-0.3, -0.25) is 9.59 Å². The molecule has 0 saturated carbocycles. The second kappa shape index (κ2) is 4.61. The van der Waals surface area contributed by atoms with Crippen LogP contribution in [0.3, 0.4) is 0 Å². The highest BCUT2D eigenvalue weighted by Crippen LogP contribution is 2.27. The van der Waals surface area contributed by atoms with Crippen molar-refractivity contribution in [2.75, 3.05) is 13.2 Å². The van der Waals surface area contributed by atoms with E-state index in [1.165, 1.54) is 12.1 Å². The minimum absolute atomic E-state index is 0.180. The number of rotatable bonds is 2. The van der Waals surface area contributed by atoms with E-state index in [4.69, 9.17) is 4.74 Å². The van der Waals surface area contributed by atoms with Gasteiger partial charge in [0.05, 0.1) is 23.8 Å². The molecule has 2 aliphatic rings. The zero-order chi connectivity index (χ0) is 14.3. The molecule has 1 unspecified atom stereocenters. The van der Waals surface area contributed by atoms with Gasteiger partial charge in [0.2, 0.25) is 0 Å². The predicted molar refractivity (Wildman–Crippen MR) is 66.0 cm³/mol. The Morgan fingerprint density at radius 2 is 1.85 bits per heavy atom. The number of hydrogen-bond donors (Lipinski definition) is 1. The van der Waals surface area contributed by atoms with E-state index in [1.54, 1.807) is 12.1 Å². The fourth-order valence-electron chi connectivity index (χ4n) is 2.49. The SMILES string of the molecule is O=C1c2ccccc2C(=O)N1N(C(=O)O)C1CCOC1. The minimum Gasteiger partial charge on any atom is -0.464 e. The van der Waals surface area contributed by atoms with Gasteiger partial charge >= 0.3 is 6.09 Å². The van der Waals surface area contributed by atoms with Crippen LogP contribution < -0.4 is 0 Å². The van der Waals surface area contributed by atoms with Crippen LogP contribution in [0.1, 0.15) is 27.1 Å². The fourth-order valence-corrected chi connectivity index (χ4v) is 2.49. The normalized spacial score (nSPS) is 21.2. The highest BCUT2D eigenvalue weighted by Gasteiger charge is 2.44. The molecule has 3 rings (SSSR count). The van der Waals surface area contributed by atoms with E-state index in [-0.39, 0.29) is 17.7 Å². The van der Waals surface area contributed by atoms with Crippen molar-refractivity contribution >= 4 is 17.9 Å². The number of benzene rings is 1. The first-order chi connectivity index (χ1) is 9.61. The Labute approximate surface area is 114 Å². The van der Waals surface area contributed by atoms with Gasteiger partial charge in [0.25, 0.3) is 11.8 Å². The molecule has 0 bridgehead atoms. The van der Waals surface area contributed by atoms with Gasteiger partial charge in [0, 0.05) is 6.61 Å². The van der Waals surface area contributed by atoms with E-state index in [9.17, 15) is 19.5 Å². The third kappa shape index (κ3) is 1.75. The second-order valence-corrected chi connectivity index (χ2v) is 4.61. The van der Waals surface area contributed by atoms with Crippen molar-refractivity contribution in [3.63, 3.8) is 0 Å². The van der Waals surface area contributed by atoms with E-state index in [1.807, 2.05) is 0 Å². The average Bonchev–Trinajstić information content (AvgIpc) is 3.03. The molecule has 20 heavy (non-hydrogen) atoms. The van der Waals surface area contributed by atoms with Crippen molar-refractivity contribution in [3.05, 3.63) is 35.4 Å². The number of carbonyl (C=O) groups is 3. The van der Waals surface area contributed by atoms with Crippen molar-refractivity contribution in [2.24, 2.45) is 0 Å². The lowest BCUT2D eigenvalue weighted by atomic mass is 10.1. The highest BCUT2D eigenvalue weighted by atomic mass is 16.5. The molecular weight excluding hydrogens is 264 g/mol. The van der Waals surface area contributed by atoms with Crippen molar-refractivity contribution in [3.8, 4) is 0 Å². The number of nitrogens with zero attached hydrogens (tertiary/aromatic N) is 2. The molecule has 1 aromatic carbocycles. The molecule has 1 saturated heterocycles. The Morgan fingerprint density at radius 1 is 1.25 bits per heavy atom. The molecular formula is C13H12N2O5. The Bertz CT molecular complexity index is 559. The van der Waals surface area contributed by atoms with Gasteiger partial charge < -0.3 is 9.84 Å². The number of imide groups is 1. The summed E-state index contributed by atoms with van der Waals surface area (Å²) < 4.78 is 5.14. The van der Waals surface area contributed by atoms with Gasteiger partial charge in [-0.05, 0) is 18.6 Å². The minimum atomic E-state index is -1.34. The Balaban J connectivity index is 1.99. The predicted octanol–water partition coefficient (Wildman–Crippen LogP) is 0.966. The molecule has 7 heteroatoms. The summed E-state index contributed by atoms with van der Waals surface area (Å²) in [6, 6.07) is 5.78. The Hall–Kier alpha value is -2.41. The second-order valence-electron chi connectivity index (χ2n) is 4.61. The number of amides is 3. The maximum atomic E-state index is 12.3. The monoisotopic (exact) mass is 276 g/mol. The van der Waals surface area contributed by atoms with Crippen LogP contribution in [-0.2, 0) is 4.74 Å². The van der Waals surface area contributed by atoms with Crippen molar-refractivity contribution in [2.45, 2.75) is 12.5 Å². The standard InChI is InChI=1S/C13H12N2O5/c16-11-9-3-1-2-4-10(9)12(17)15(11)14(13(18)19)8-5-6-20-7-8/h1-4,8H,5-7H2,(H,18,19). The third-order valence-electron chi connectivity index (χ3n) is 3.44. The van der Waals surface area contributed by atoms with Crippen LogP contribution in [0.25, 0.3) is 0 Å². The van der Waals surface area contributed by atoms with E-state index in [2.05, 4.69) is 0 Å². The van der Waals surface area contributed by atoms with Gasteiger partial charge in [-0.2, -0.15) is 5.01 Å². The first kappa shape index (κ1) is 12.6. The number of hydrogen-bond acceptors (Lipinski definition) is 4. The molecule has 0 aromatic heterocycles. The van der Waals surface area contributed by atoms with E-state index in [0.717, 1.165) is 5.01 Å². The lowest BCUT2D eigenvalue weighted by molar-refractivity contribution is -0.0130.